The lowest BCUT2D eigenvalue weighted by atomic mass is 9.99. The molecule has 0 aromatic rings. The van der Waals surface area contributed by atoms with Gasteiger partial charge in [0.15, 0.2) is 6.29 Å². The number of aliphatic hydroxyl groups excluding tert-OH is 4. The Morgan fingerprint density at radius 1 is 0.579 bits per heavy atom. The Labute approximate surface area is 347 Å². The molecule has 0 bridgehead atoms. The molecule has 9 nitrogen and oxygen atoms in total. The van der Waals surface area contributed by atoms with Crippen molar-refractivity contribution in [3.05, 3.63) is 60.8 Å². The fraction of sp³-hybridized carbons (Fsp3) is 0.771. The topological polar surface area (TPSA) is 135 Å². The van der Waals surface area contributed by atoms with E-state index < -0.39 is 43.4 Å². The number of rotatable bonds is 38. The van der Waals surface area contributed by atoms with Gasteiger partial charge in [0.25, 0.3) is 0 Å². The summed E-state index contributed by atoms with van der Waals surface area (Å²) in [6.07, 6.45) is 42.4. The van der Waals surface area contributed by atoms with Crippen LogP contribution in [0.1, 0.15) is 174 Å². The van der Waals surface area contributed by atoms with Crippen molar-refractivity contribution in [3.63, 3.8) is 0 Å². The average molecular weight is 805 g/mol. The summed E-state index contributed by atoms with van der Waals surface area (Å²) in [5.74, 6) is -0.331. The summed E-state index contributed by atoms with van der Waals surface area (Å²) in [5, 5.41) is 40.1. The summed E-state index contributed by atoms with van der Waals surface area (Å²) < 4.78 is 22.8. The molecule has 0 radical (unpaired) electrons. The van der Waals surface area contributed by atoms with Gasteiger partial charge in [-0.05, 0) is 77.0 Å². The van der Waals surface area contributed by atoms with E-state index in [0.29, 0.717) is 13.0 Å². The van der Waals surface area contributed by atoms with Gasteiger partial charge in [0.1, 0.15) is 30.5 Å². The molecular formula is C48H84O9. The second kappa shape index (κ2) is 39.4. The Morgan fingerprint density at radius 2 is 1.07 bits per heavy atom. The zero-order valence-electron chi connectivity index (χ0n) is 36.1. The third-order valence-electron chi connectivity index (χ3n) is 10.2. The molecule has 1 heterocycles. The smallest absolute Gasteiger partial charge is 0.306 e. The van der Waals surface area contributed by atoms with E-state index in [4.69, 9.17) is 18.9 Å². The summed E-state index contributed by atoms with van der Waals surface area (Å²) in [5.41, 5.74) is 0. The molecular weight excluding hydrogens is 721 g/mol. The first-order chi connectivity index (χ1) is 27.9. The van der Waals surface area contributed by atoms with Gasteiger partial charge in [0.05, 0.1) is 19.8 Å². The van der Waals surface area contributed by atoms with Gasteiger partial charge >= 0.3 is 5.97 Å². The molecule has 330 valence electrons. The van der Waals surface area contributed by atoms with Crippen LogP contribution in [0, 0.1) is 0 Å². The van der Waals surface area contributed by atoms with Crippen molar-refractivity contribution >= 4 is 5.97 Å². The van der Waals surface area contributed by atoms with E-state index in [9.17, 15) is 25.2 Å². The summed E-state index contributed by atoms with van der Waals surface area (Å²) >= 11 is 0. The lowest BCUT2D eigenvalue weighted by Gasteiger charge is -2.39. The van der Waals surface area contributed by atoms with Gasteiger partial charge in [-0.1, -0.05) is 152 Å². The summed E-state index contributed by atoms with van der Waals surface area (Å²) in [6, 6.07) is 0. The monoisotopic (exact) mass is 805 g/mol. The van der Waals surface area contributed by atoms with Crippen LogP contribution in [0.3, 0.4) is 0 Å². The minimum absolute atomic E-state index is 0.126. The zero-order valence-corrected chi connectivity index (χ0v) is 36.1. The van der Waals surface area contributed by atoms with Crippen LogP contribution in [0.5, 0.6) is 0 Å². The number of allylic oxidation sites excluding steroid dienone is 10. The molecule has 1 aliphatic heterocycles. The maximum atomic E-state index is 12.8. The van der Waals surface area contributed by atoms with Gasteiger partial charge in [-0.25, -0.2) is 0 Å². The van der Waals surface area contributed by atoms with Crippen LogP contribution in [0.2, 0.25) is 0 Å². The summed E-state index contributed by atoms with van der Waals surface area (Å²) in [6.45, 7) is 4.38. The van der Waals surface area contributed by atoms with Crippen LogP contribution in [0.25, 0.3) is 0 Å². The fourth-order valence-corrected chi connectivity index (χ4v) is 6.59. The van der Waals surface area contributed by atoms with Gasteiger partial charge in [0.2, 0.25) is 0 Å². The molecule has 6 atom stereocenters. The third kappa shape index (κ3) is 30.6. The van der Waals surface area contributed by atoms with E-state index >= 15 is 0 Å². The number of unbranched alkanes of at least 4 members (excludes halogenated alkanes) is 17. The number of carbonyl (C=O) groups is 1. The summed E-state index contributed by atoms with van der Waals surface area (Å²) in [4.78, 5) is 12.8. The number of ether oxygens (including phenoxy) is 4. The number of hydrogen-bond donors (Lipinski definition) is 4. The molecule has 0 aromatic heterocycles. The second-order valence-corrected chi connectivity index (χ2v) is 15.5. The molecule has 0 saturated carbocycles. The predicted molar refractivity (Wildman–Crippen MR) is 233 cm³/mol. The summed E-state index contributed by atoms with van der Waals surface area (Å²) in [7, 11) is 0. The molecule has 6 unspecified atom stereocenters. The molecule has 0 aromatic carbocycles. The number of carbonyl (C=O) groups excluding carboxylic acids is 1. The Kier molecular flexibility index (Phi) is 36.5. The first-order valence-corrected chi connectivity index (χ1v) is 22.9. The standard InChI is InChI=1S/C48H84O9/c1-3-5-7-9-11-13-15-17-19-21-22-24-26-28-30-32-34-36-38-54-40-42(41-55-48-47(53)46(52)45(51)43(39-49)57-48)56-44(50)37-35-33-31-29-27-25-23-20-18-16-14-12-10-8-6-4-2/h5,7,11,13,17,19-20,22-24,42-43,45-49,51-53H,3-4,6,8-10,12,14-16,18,21,25-41H2,1-2H3/b7-5-,13-11-,19-17-,23-20-,24-22-. The van der Waals surface area contributed by atoms with E-state index in [1.54, 1.807) is 0 Å². The molecule has 0 aliphatic carbocycles. The molecule has 57 heavy (non-hydrogen) atoms. The van der Waals surface area contributed by atoms with E-state index in [1.165, 1.54) is 70.6 Å². The second-order valence-electron chi connectivity index (χ2n) is 15.5. The van der Waals surface area contributed by atoms with E-state index in [1.807, 2.05) is 0 Å². The highest BCUT2D eigenvalue weighted by Crippen LogP contribution is 2.22. The molecule has 1 fully saturated rings. The lowest BCUT2D eigenvalue weighted by molar-refractivity contribution is -0.305. The molecule has 1 rings (SSSR count). The fourth-order valence-electron chi connectivity index (χ4n) is 6.59. The quantitative estimate of drug-likeness (QED) is 0.0273. The van der Waals surface area contributed by atoms with Crippen LogP contribution in [-0.4, -0.2) is 89.6 Å². The number of aliphatic hydroxyl groups is 4. The Hall–Kier alpha value is -2.11. The van der Waals surface area contributed by atoms with E-state index in [-0.39, 0.29) is 19.2 Å². The van der Waals surface area contributed by atoms with E-state index in [0.717, 1.165) is 83.5 Å². The van der Waals surface area contributed by atoms with Crippen molar-refractivity contribution in [1.82, 2.24) is 0 Å². The van der Waals surface area contributed by atoms with Gasteiger partial charge in [0, 0.05) is 13.0 Å². The van der Waals surface area contributed by atoms with Crippen molar-refractivity contribution in [3.8, 4) is 0 Å². The van der Waals surface area contributed by atoms with Gasteiger partial charge in [-0.3, -0.25) is 4.79 Å². The van der Waals surface area contributed by atoms with Crippen molar-refractivity contribution in [2.45, 2.75) is 211 Å². The molecule has 1 saturated heterocycles. The van der Waals surface area contributed by atoms with Crippen molar-refractivity contribution in [2.24, 2.45) is 0 Å². The van der Waals surface area contributed by atoms with E-state index in [2.05, 4.69) is 74.6 Å². The molecule has 1 aliphatic rings. The largest absolute Gasteiger partial charge is 0.457 e. The van der Waals surface area contributed by atoms with Crippen LogP contribution in [-0.2, 0) is 23.7 Å². The van der Waals surface area contributed by atoms with Crippen molar-refractivity contribution < 1.29 is 44.2 Å². The highest BCUT2D eigenvalue weighted by atomic mass is 16.7. The number of esters is 1. The van der Waals surface area contributed by atoms with Crippen molar-refractivity contribution in [1.29, 1.82) is 0 Å². The Morgan fingerprint density at radius 3 is 1.63 bits per heavy atom. The van der Waals surface area contributed by atoms with Crippen LogP contribution in [0.15, 0.2) is 60.8 Å². The zero-order chi connectivity index (χ0) is 41.4. The first kappa shape index (κ1) is 52.9. The molecule has 0 spiro atoms. The van der Waals surface area contributed by atoms with Crippen LogP contribution in [0.4, 0.5) is 0 Å². The maximum Gasteiger partial charge on any atom is 0.306 e. The predicted octanol–water partition coefficient (Wildman–Crippen LogP) is 10.3. The average Bonchev–Trinajstić information content (AvgIpc) is 3.21. The van der Waals surface area contributed by atoms with Gasteiger partial charge < -0.3 is 39.4 Å². The normalized spacial score (nSPS) is 21.0. The molecule has 9 heteroatoms. The minimum atomic E-state index is -1.54. The Balaban J connectivity index is 2.29. The third-order valence-corrected chi connectivity index (χ3v) is 10.2. The van der Waals surface area contributed by atoms with Crippen molar-refractivity contribution in [2.75, 3.05) is 26.4 Å². The van der Waals surface area contributed by atoms with Crippen LogP contribution < -0.4 is 0 Å². The number of hydrogen-bond acceptors (Lipinski definition) is 9. The molecule has 0 amide bonds. The van der Waals surface area contributed by atoms with Gasteiger partial charge in [-0.15, -0.1) is 0 Å². The minimum Gasteiger partial charge on any atom is -0.457 e. The van der Waals surface area contributed by atoms with Gasteiger partial charge in [-0.2, -0.15) is 0 Å². The lowest BCUT2D eigenvalue weighted by Crippen LogP contribution is -2.59. The van der Waals surface area contributed by atoms with Crippen LogP contribution >= 0.6 is 0 Å². The maximum absolute atomic E-state index is 12.8. The first-order valence-electron chi connectivity index (χ1n) is 22.9. The highest BCUT2D eigenvalue weighted by Gasteiger charge is 2.44. The molecule has 4 N–H and O–H groups in total. The highest BCUT2D eigenvalue weighted by molar-refractivity contribution is 5.69. The Bertz CT molecular complexity index is 1050. The SMILES string of the molecule is CC/C=C\C/C=C\C/C=C\C/C=C\CCCCCCCOCC(COC1OC(CO)C(O)C(O)C1O)OC(=O)CCCCCCC/C=C\CCCCCCCCC.